The molecule has 10 heteroatoms. The molecule has 0 radical (unpaired) electrons. The average Bonchev–Trinajstić information content (AvgIpc) is 2.94. The monoisotopic (exact) mass is 608 g/mol. The lowest BCUT2D eigenvalue weighted by Gasteiger charge is -2.20. The SMILES string of the molecule is COc1nc(-c2ccc(Cl)cc2)c(-c2ccc(Cl)cc2)cc1CN=C(NSc1ccccc1)NC(=O)OC(C)(C)C. The van der Waals surface area contributed by atoms with Crippen LogP contribution in [0.1, 0.15) is 26.3 Å². The number of benzene rings is 3. The first-order valence-corrected chi connectivity index (χ1v) is 14.3. The number of hydrogen-bond acceptors (Lipinski definition) is 6. The number of aromatic nitrogens is 1. The first-order chi connectivity index (χ1) is 19.6. The van der Waals surface area contributed by atoms with Crippen molar-refractivity contribution in [1.29, 1.82) is 0 Å². The molecule has 0 bridgehead atoms. The van der Waals surface area contributed by atoms with E-state index in [1.165, 1.54) is 11.9 Å². The number of carbonyl (C=O) groups excluding carboxylic acids is 1. The molecule has 0 atom stereocenters. The third-order valence-corrected chi connectivity index (χ3v) is 6.87. The summed E-state index contributed by atoms with van der Waals surface area (Å²) in [7, 11) is 1.56. The number of amides is 1. The highest BCUT2D eigenvalue weighted by Crippen LogP contribution is 2.36. The summed E-state index contributed by atoms with van der Waals surface area (Å²) in [5, 5.41) is 3.98. The van der Waals surface area contributed by atoms with Crippen molar-refractivity contribution in [3.63, 3.8) is 0 Å². The lowest BCUT2D eigenvalue weighted by Crippen LogP contribution is -2.41. The molecule has 212 valence electrons. The van der Waals surface area contributed by atoms with E-state index in [-0.39, 0.29) is 12.5 Å². The van der Waals surface area contributed by atoms with Crippen molar-refractivity contribution < 1.29 is 14.3 Å². The van der Waals surface area contributed by atoms with Crippen LogP contribution in [-0.2, 0) is 11.3 Å². The first kappa shape index (κ1) is 30.2. The Bertz CT molecular complexity index is 1510. The van der Waals surface area contributed by atoms with Gasteiger partial charge in [0.25, 0.3) is 0 Å². The van der Waals surface area contributed by atoms with Gasteiger partial charge in [-0.15, -0.1) is 0 Å². The van der Waals surface area contributed by atoms with Gasteiger partial charge in [-0.25, -0.2) is 14.8 Å². The second kappa shape index (κ2) is 13.8. The van der Waals surface area contributed by atoms with E-state index in [1.807, 2.05) is 84.9 Å². The zero-order chi connectivity index (χ0) is 29.4. The minimum absolute atomic E-state index is 0.158. The molecule has 1 aromatic heterocycles. The Labute approximate surface area is 254 Å². The molecule has 4 rings (SSSR count). The van der Waals surface area contributed by atoms with Gasteiger partial charge in [0.1, 0.15) is 5.60 Å². The summed E-state index contributed by atoms with van der Waals surface area (Å²) in [6.45, 7) is 5.55. The highest BCUT2D eigenvalue weighted by atomic mass is 35.5. The van der Waals surface area contributed by atoms with E-state index in [2.05, 4.69) is 15.0 Å². The second-order valence-corrected chi connectivity index (χ2v) is 11.6. The van der Waals surface area contributed by atoms with Gasteiger partial charge in [0.2, 0.25) is 11.8 Å². The van der Waals surface area contributed by atoms with E-state index in [0.717, 1.165) is 27.3 Å². The number of guanidine groups is 1. The molecule has 0 saturated heterocycles. The largest absolute Gasteiger partial charge is 0.481 e. The smallest absolute Gasteiger partial charge is 0.414 e. The maximum absolute atomic E-state index is 12.6. The molecule has 2 N–H and O–H groups in total. The fraction of sp³-hybridized carbons (Fsp3) is 0.194. The number of aliphatic imine (C=N–C) groups is 1. The van der Waals surface area contributed by atoms with Crippen LogP contribution < -0.4 is 14.8 Å². The molecule has 0 unspecified atom stereocenters. The summed E-state index contributed by atoms with van der Waals surface area (Å²) in [4.78, 5) is 23.1. The lowest BCUT2D eigenvalue weighted by atomic mass is 9.97. The highest BCUT2D eigenvalue weighted by molar-refractivity contribution is 7.98. The summed E-state index contributed by atoms with van der Waals surface area (Å²) >= 11 is 13.6. The highest BCUT2D eigenvalue weighted by Gasteiger charge is 2.19. The van der Waals surface area contributed by atoms with E-state index < -0.39 is 11.7 Å². The van der Waals surface area contributed by atoms with E-state index in [1.54, 1.807) is 27.9 Å². The van der Waals surface area contributed by atoms with Crippen molar-refractivity contribution >= 4 is 47.2 Å². The number of ether oxygens (including phenoxy) is 2. The number of halogens is 2. The van der Waals surface area contributed by atoms with Crippen LogP contribution in [0.5, 0.6) is 5.88 Å². The van der Waals surface area contributed by atoms with Crippen molar-refractivity contribution in [2.75, 3.05) is 7.11 Å². The van der Waals surface area contributed by atoms with Crippen LogP contribution in [-0.4, -0.2) is 29.7 Å². The number of pyridine rings is 1. The summed E-state index contributed by atoms with van der Waals surface area (Å²) in [5.41, 5.74) is 3.43. The molecule has 0 aliphatic heterocycles. The molecular formula is C31H30Cl2N4O3S. The number of nitrogens with zero attached hydrogens (tertiary/aromatic N) is 2. The van der Waals surface area contributed by atoms with Gasteiger partial charge in [-0.1, -0.05) is 65.7 Å². The summed E-state index contributed by atoms with van der Waals surface area (Å²) in [6.07, 6.45) is -0.623. The van der Waals surface area contributed by atoms with Crippen LogP contribution in [0.3, 0.4) is 0 Å². The van der Waals surface area contributed by atoms with Crippen LogP contribution >= 0.6 is 35.1 Å². The van der Waals surface area contributed by atoms with Gasteiger partial charge in [0, 0.05) is 31.6 Å². The summed E-state index contributed by atoms with van der Waals surface area (Å²) < 4.78 is 14.2. The van der Waals surface area contributed by atoms with E-state index in [0.29, 0.717) is 21.5 Å². The quantitative estimate of drug-likeness (QED) is 0.124. The third-order valence-electron chi connectivity index (χ3n) is 5.56. The molecule has 41 heavy (non-hydrogen) atoms. The van der Waals surface area contributed by atoms with Crippen molar-refractivity contribution in [2.24, 2.45) is 4.99 Å². The average molecular weight is 610 g/mol. The molecule has 3 aromatic carbocycles. The van der Waals surface area contributed by atoms with Crippen LogP contribution in [0, 0.1) is 0 Å². The van der Waals surface area contributed by atoms with Crippen molar-refractivity contribution in [3.05, 3.63) is 101 Å². The van der Waals surface area contributed by atoms with Gasteiger partial charge in [-0.3, -0.25) is 10.0 Å². The lowest BCUT2D eigenvalue weighted by molar-refractivity contribution is 0.0562. The van der Waals surface area contributed by atoms with Crippen molar-refractivity contribution in [3.8, 4) is 28.3 Å². The zero-order valence-electron chi connectivity index (χ0n) is 23.1. The number of hydrogen-bond donors (Lipinski definition) is 2. The van der Waals surface area contributed by atoms with Crippen LogP contribution in [0.25, 0.3) is 22.4 Å². The maximum atomic E-state index is 12.6. The molecule has 1 heterocycles. The summed E-state index contributed by atoms with van der Waals surface area (Å²) in [5.74, 6) is 0.633. The number of rotatable bonds is 7. The predicted molar refractivity (Wildman–Crippen MR) is 168 cm³/mol. The Morgan fingerprint density at radius 2 is 1.54 bits per heavy atom. The van der Waals surface area contributed by atoms with Crippen LogP contribution in [0.4, 0.5) is 4.79 Å². The van der Waals surface area contributed by atoms with Gasteiger partial charge in [-0.05, 0) is 80.7 Å². The van der Waals surface area contributed by atoms with E-state index in [9.17, 15) is 4.79 Å². The molecular weight excluding hydrogens is 579 g/mol. The first-order valence-electron chi connectivity index (χ1n) is 12.7. The van der Waals surface area contributed by atoms with E-state index >= 15 is 0 Å². The van der Waals surface area contributed by atoms with Gasteiger partial charge in [0.05, 0.1) is 19.3 Å². The third kappa shape index (κ3) is 8.88. The molecule has 0 spiro atoms. The predicted octanol–water partition coefficient (Wildman–Crippen LogP) is 8.41. The molecule has 7 nitrogen and oxygen atoms in total. The van der Waals surface area contributed by atoms with Crippen molar-refractivity contribution in [2.45, 2.75) is 37.8 Å². The minimum Gasteiger partial charge on any atom is -0.481 e. The van der Waals surface area contributed by atoms with E-state index in [4.69, 9.17) is 37.7 Å². The summed E-state index contributed by atoms with van der Waals surface area (Å²) in [6, 6.07) is 26.7. The van der Waals surface area contributed by atoms with Crippen molar-refractivity contribution in [1.82, 2.24) is 15.0 Å². The number of nitrogens with one attached hydrogen (secondary N) is 2. The Morgan fingerprint density at radius 3 is 2.12 bits per heavy atom. The van der Waals surface area contributed by atoms with Crippen LogP contribution in [0.15, 0.2) is 94.8 Å². The van der Waals surface area contributed by atoms with Gasteiger partial charge in [-0.2, -0.15) is 0 Å². The Morgan fingerprint density at radius 1 is 0.927 bits per heavy atom. The fourth-order valence-electron chi connectivity index (χ4n) is 3.76. The molecule has 0 fully saturated rings. The maximum Gasteiger partial charge on any atom is 0.414 e. The Balaban J connectivity index is 1.71. The standard InChI is InChI=1S/C31H30Cl2N4O3S/c1-31(2,3)40-30(38)36-29(37-41-25-8-6-5-7-9-25)34-19-22-18-26(20-10-14-23(32)15-11-20)27(35-28(22)39-4)21-12-16-24(33)17-13-21/h5-18H,19H2,1-4H3,(H2,34,36,37,38). The number of carbonyl (C=O) groups is 1. The zero-order valence-corrected chi connectivity index (χ0v) is 25.4. The van der Waals surface area contributed by atoms with Gasteiger partial charge in [0.15, 0.2) is 0 Å². The van der Waals surface area contributed by atoms with Gasteiger partial charge < -0.3 is 9.47 Å². The molecule has 0 saturated carbocycles. The Kier molecular flexibility index (Phi) is 10.2. The van der Waals surface area contributed by atoms with Crippen LogP contribution in [0.2, 0.25) is 10.0 Å². The molecule has 0 aliphatic rings. The second-order valence-electron chi connectivity index (χ2n) is 9.88. The molecule has 0 aliphatic carbocycles. The Hall–Kier alpha value is -3.72. The number of methoxy groups -OCH3 is 1. The molecule has 1 amide bonds. The topological polar surface area (TPSA) is 84.8 Å². The number of alkyl carbamates (subject to hydrolysis) is 1. The minimum atomic E-state index is -0.667. The normalized spacial score (nSPS) is 11.6. The van der Waals surface area contributed by atoms with Gasteiger partial charge >= 0.3 is 6.09 Å². The fourth-order valence-corrected chi connectivity index (χ4v) is 4.64. The molecule has 4 aromatic rings.